The fourth-order valence-electron chi connectivity index (χ4n) is 0.375. The summed E-state index contributed by atoms with van der Waals surface area (Å²) in [6, 6.07) is 0. The summed E-state index contributed by atoms with van der Waals surface area (Å²) in [7, 11) is -1.02. The molecule has 0 aliphatic rings. The van der Waals surface area contributed by atoms with Gasteiger partial charge in [-0.1, -0.05) is 19.6 Å². The molecule has 0 amide bonds. The normalized spacial score (nSPS) is 7.20. The van der Waals surface area contributed by atoms with Gasteiger partial charge in [0.25, 0.3) is 6.79 Å². The molecular weight excluding hydrogens is 187 g/mol. The van der Waals surface area contributed by atoms with E-state index in [2.05, 4.69) is 37.9 Å². The first-order valence-electron chi connectivity index (χ1n) is 2.70. The van der Waals surface area contributed by atoms with Crippen LogP contribution >= 0.6 is 0 Å². The molecule has 0 fully saturated rings. The van der Waals surface area contributed by atoms with Crippen LogP contribution < -0.4 is 0 Å². The van der Waals surface area contributed by atoms with Crippen LogP contribution in [0.4, 0.5) is 0 Å². The number of carbonyl (C=O) groups excluding carboxylic acids is 1. The Kier molecular flexibility index (Phi) is 14.8. The number of rotatable bonds is 0. The zero-order valence-electron chi connectivity index (χ0n) is 6.74. The first kappa shape index (κ1) is 16.5. The minimum absolute atomic E-state index is 0. The van der Waals surface area contributed by atoms with Gasteiger partial charge in [-0.2, -0.15) is 0 Å². The van der Waals surface area contributed by atoms with Crippen molar-refractivity contribution < 1.29 is 21.6 Å². The predicted molar refractivity (Wildman–Crippen MR) is 42.5 cm³/mol. The summed E-state index contributed by atoms with van der Waals surface area (Å²) in [6.45, 7) is 13.1. The molecule has 59 valence electrons. The predicted octanol–water partition coefficient (Wildman–Crippen LogP) is 1.49. The zero-order valence-corrected chi connectivity index (χ0v) is 8.78. The molecule has 1 nitrogen and oxygen atoms in total. The minimum atomic E-state index is -1.02. The van der Waals surface area contributed by atoms with Crippen molar-refractivity contribution in [2.75, 3.05) is 0 Å². The second-order valence-corrected chi connectivity index (χ2v) is 7.38. The van der Waals surface area contributed by atoms with Gasteiger partial charge >= 0.3 is 0 Å². The first-order valence-corrected chi connectivity index (χ1v) is 6.20. The molecule has 0 aliphatic carbocycles. The summed E-state index contributed by atoms with van der Waals surface area (Å²) < 4.78 is 0. The molecule has 0 bridgehead atoms. The summed E-state index contributed by atoms with van der Waals surface area (Å²) in [6.07, 6.45) is 0. The van der Waals surface area contributed by atoms with Crippen molar-refractivity contribution in [1.82, 2.24) is 0 Å². The van der Waals surface area contributed by atoms with Gasteiger partial charge in [0.2, 0.25) is 0 Å². The minimum Gasteiger partial charge on any atom is -0.281 e. The zero-order chi connectivity index (χ0) is 7.91. The molecule has 3 radical (unpaired) electrons. The second kappa shape index (κ2) is 8.95. The van der Waals surface area contributed by atoms with Gasteiger partial charge in [-0.15, -0.1) is 11.5 Å². The van der Waals surface area contributed by atoms with Crippen molar-refractivity contribution >= 4 is 14.9 Å². The SMILES string of the molecule is CC#C[Si](C)(C)C.[C]=O.[Co]. The molecule has 3 heteroatoms. The molecule has 0 atom stereocenters. The topological polar surface area (TPSA) is 17.1 Å². The Bertz CT molecular complexity index is 118. The van der Waals surface area contributed by atoms with E-state index in [1.807, 2.05) is 6.92 Å². The van der Waals surface area contributed by atoms with Crippen molar-refractivity contribution in [1.29, 1.82) is 0 Å². The van der Waals surface area contributed by atoms with Crippen LogP contribution in [0.1, 0.15) is 6.92 Å². The Morgan fingerprint density at radius 3 is 1.50 bits per heavy atom. The van der Waals surface area contributed by atoms with Gasteiger partial charge in [0.1, 0.15) is 8.07 Å². The Morgan fingerprint density at radius 1 is 1.20 bits per heavy atom. The molecule has 0 aromatic carbocycles. The monoisotopic (exact) mass is 199 g/mol. The summed E-state index contributed by atoms with van der Waals surface area (Å²) in [5.74, 6) is 2.92. The van der Waals surface area contributed by atoms with Crippen LogP contribution in [0, 0.1) is 11.5 Å². The van der Waals surface area contributed by atoms with Crippen LogP contribution in [0.3, 0.4) is 0 Å². The van der Waals surface area contributed by atoms with Crippen LogP contribution in [0.15, 0.2) is 0 Å². The van der Waals surface area contributed by atoms with Crippen LogP contribution in [-0.4, -0.2) is 14.9 Å². The van der Waals surface area contributed by atoms with E-state index in [1.54, 1.807) is 0 Å². The third-order valence-electron chi connectivity index (χ3n) is 0.500. The number of hydrogen-bond donors (Lipinski definition) is 0. The largest absolute Gasteiger partial charge is 0.281 e. The smallest absolute Gasteiger partial charge is 0.281 e. The molecule has 0 rings (SSSR count). The van der Waals surface area contributed by atoms with E-state index in [4.69, 9.17) is 4.79 Å². The van der Waals surface area contributed by atoms with Crippen molar-refractivity contribution in [3.8, 4) is 11.5 Å². The fraction of sp³-hybridized carbons (Fsp3) is 0.571. The van der Waals surface area contributed by atoms with Crippen LogP contribution in [0.2, 0.25) is 19.6 Å². The van der Waals surface area contributed by atoms with Gasteiger partial charge in [-0.25, -0.2) is 0 Å². The van der Waals surface area contributed by atoms with E-state index in [0.717, 1.165) is 0 Å². The molecular formula is C7H12CoOSi. The quantitative estimate of drug-likeness (QED) is 0.426. The van der Waals surface area contributed by atoms with E-state index in [1.165, 1.54) is 0 Å². The summed E-state index contributed by atoms with van der Waals surface area (Å²) in [4.78, 5) is 7.50. The molecule has 0 saturated carbocycles. The summed E-state index contributed by atoms with van der Waals surface area (Å²) in [5, 5.41) is 0. The Labute approximate surface area is 74.8 Å². The fourth-order valence-corrected chi connectivity index (χ4v) is 1.12. The second-order valence-electron chi connectivity index (χ2n) is 2.62. The molecule has 0 spiro atoms. The Balaban J connectivity index is -0.000000149. The molecule has 0 heterocycles. The average molecular weight is 199 g/mol. The summed E-state index contributed by atoms with van der Waals surface area (Å²) in [5.41, 5.74) is 3.17. The number of hydrogen-bond acceptors (Lipinski definition) is 1. The standard InChI is InChI=1S/C6H12Si.CO.Co/c1-5-6-7(2,3)4;1-2;/h1-4H3;;. The average Bonchev–Trinajstić information content (AvgIpc) is 1.69. The van der Waals surface area contributed by atoms with Gasteiger partial charge in [0, 0.05) is 16.8 Å². The maximum Gasteiger partial charge on any atom is 0.281 e. The van der Waals surface area contributed by atoms with Gasteiger partial charge in [0.05, 0.1) is 0 Å². The molecule has 0 saturated heterocycles. The van der Waals surface area contributed by atoms with Gasteiger partial charge in [-0.3, -0.25) is 4.79 Å². The van der Waals surface area contributed by atoms with Gasteiger partial charge in [0.15, 0.2) is 0 Å². The van der Waals surface area contributed by atoms with Crippen LogP contribution in [0.25, 0.3) is 0 Å². The van der Waals surface area contributed by atoms with Crippen molar-refractivity contribution in [2.24, 2.45) is 0 Å². The van der Waals surface area contributed by atoms with Crippen molar-refractivity contribution in [2.45, 2.75) is 26.6 Å². The van der Waals surface area contributed by atoms with E-state index in [0.29, 0.717) is 0 Å². The van der Waals surface area contributed by atoms with Crippen molar-refractivity contribution in [3.05, 3.63) is 0 Å². The third-order valence-corrected chi connectivity index (χ3v) is 1.50. The van der Waals surface area contributed by atoms with E-state index in [-0.39, 0.29) is 16.8 Å². The Hall–Kier alpha value is -0.0466. The first-order chi connectivity index (χ1) is 4.06. The maximum absolute atomic E-state index is 7.50. The van der Waals surface area contributed by atoms with E-state index >= 15 is 0 Å². The van der Waals surface area contributed by atoms with Crippen molar-refractivity contribution in [3.63, 3.8) is 0 Å². The van der Waals surface area contributed by atoms with E-state index < -0.39 is 8.07 Å². The molecule has 0 aliphatic heterocycles. The molecule has 10 heavy (non-hydrogen) atoms. The molecule has 0 aromatic rings. The molecule has 0 N–H and O–H groups in total. The van der Waals surface area contributed by atoms with Crippen LogP contribution in [0.5, 0.6) is 0 Å². The van der Waals surface area contributed by atoms with Gasteiger partial charge in [-0.05, 0) is 6.92 Å². The third kappa shape index (κ3) is 24.6. The maximum atomic E-state index is 7.50. The molecule has 0 unspecified atom stereocenters. The molecule has 0 aromatic heterocycles. The van der Waals surface area contributed by atoms with Crippen LogP contribution in [-0.2, 0) is 21.6 Å². The van der Waals surface area contributed by atoms with Gasteiger partial charge < -0.3 is 0 Å². The van der Waals surface area contributed by atoms with E-state index in [9.17, 15) is 0 Å². The summed E-state index contributed by atoms with van der Waals surface area (Å²) >= 11 is 0. The Morgan fingerprint density at radius 2 is 1.50 bits per heavy atom.